The van der Waals surface area contributed by atoms with Crippen molar-refractivity contribution in [2.24, 2.45) is 0 Å². The largest absolute Gasteiger partial charge is 0.120 e. The van der Waals surface area contributed by atoms with Gasteiger partial charge in [-0.3, -0.25) is 0 Å². The van der Waals surface area contributed by atoms with Crippen molar-refractivity contribution in [1.29, 1.82) is 0 Å². The van der Waals surface area contributed by atoms with Gasteiger partial charge in [0.15, 0.2) is 0 Å². The SMILES string of the molecule is C#CCCC(C)=C1C=CC=C1. The van der Waals surface area contributed by atoms with Crippen LogP contribution < -0.4 is 0 Å². The van der Waals surface area contributed by atoms with Crippen LogP contribution in [0.5, 0.6) is 0 Å². The van der Waals surface area contributed by atoms with E-state index >= 15 is 0 Å². The zero-order valence-corrected chi connectivity index (χ0v) is 6.80. The maximum atomic E-state index is 5.17. The van der Waals surface area contributed by atoms with Gasteiger partial charge in [0.1, 0.15) is 0 Å². The first kappa shape index (κ1) is 7.88. The fourth-order valence-corrected chi connectivity index (χ4v) is 1.06. The van der Waals surface area contributed by atoms with Crippen molar-refractivity contribution in [2.75, 3.05) is 0 Å². The van der Waals surface area contributed by atoms with Crippen molar-refractivity contribution in [1.82, 2.24) is 0 Å². The average Bonchev–Trinajstić information content (AvgIpc) is 2.52. The van der Waals surface area contributed by atoms with Gasteiger partial charge in [-0.15, -0.1) is 12.3 Å². The van der Waals surface area contributed by atoms with Crippen LogP contribution in [0, 0.1) is 12.3 Å². The quantitative estimate of drug-likeness (QED) is 0.523. The van der Waals surface area contributed by atoms with Crippen LogP contribution in [0.25, 0.3) is 0 Å². The fraction of sp³-hybridized carbons (Fsp3) is 0.273. The molecule has 0 nitrogen and oxygen atoms in total. The Morgan fingerprint density at radius 1 is 1.45 bits per heavy atom. The molecule has 0 bridgehead atoms. The Morgan fingerprint density at radius 2 is 2.09 bits per heavy atom. The highest BCUT2D eigenvalue weighted by Gasteiger charge is 1.97. The van der Waals surface area contributed by atoms with Crippen molar-refractivity contribution in [3.8, 4) is 12.3 Å². The molecule has 0 radical (unpaired) electrons. The summed E-state index contributed by atoms with van der Waals surface area (Å²) < 4.78 is 0. The molecule has 0 aromatic heterocycles. The van der Waals surface area contributed by atoms with E-state index < -0.39 is 0 Å². The number of hydrogen-bond acceptors (Lipinski definition) is 0. The predicted octanol–water partition coefficient (Wildman–Crippen LogP) is 2.84. The molecule has 0 heterocycles. The van der Waals surface area contributed by atoms with E-state index in [1.54, 1.807) is 0 Å². The summed E-state index contributed by atoms with van der Waals surface area (Å²) in [5, 5.41) is 0. The minimum atomic E-state index is 0.844. The maximum absolute atomic E-state index is 5.17. The first-order valence-corrected chi connectivity index (χ1v) is 3.82. The number of hydrogen-bond donors (Lipinski definition) is 0. The number of terminal acetylenes is 1. The lowest BCUT2D eigenvalue weighted by Crippen LogP contribution is -1.80. The molecule has 0 unspecified atom stereocenters. The highest BCUT2D eigenvalue weighted by Crippen LogP contribution is 2.16. The monoisotopic (exact) mass is 144 g/mol. The van der Waals surface area contributed by atoms with Gasteiger partial charge in [0.05, 0.1) is 0 Å². The van der Waals surface area contributed by atoms with Gasteiger partial charge in [0, 0.05) is 6.42 Å². The van der Waals surface area contributed by atoms with Crippen LogP contribution in [0.3, 0.4) is 0 Å². The van der Waals surface area contributed by atoms with Crippen LogP contribution in [0.1, 0.15) is 19.8 Å². The molecular weight excluding hydrogens is 132 g/mol. The number of rotatable bonds is 2. The number of allylic oxidation sites excluding steroid dienone is 6. The summed E-state index contributed by atoms with van der Waals surface area (Å²) >= 11 is 0. The van der Waals surface area contributed by atoms with Crippen LogP contribution in [0.4, 0.5) is 0 Å². The zero-order valence-electron chi connectivity index (χ0n) is 6.80. The van der Waals surface area contributed by atoms with Crippen LogP contribution in [0.2, 0.25) is 0 Å². The highest BCUT2D eigenvalue weighted by molar-refractivity contribution is 5.42. The molecule has 1 rings (SSSR count). The summed E-state index contributed by atoms with van der Waals surface area (Å²) in [6.07, 6.45) is 15.4. The fourth-order valence-electron chi connectivity index (χ4n) is 1.06. The second-order valence-electron chi connectivity index (χ2n) is 2.66. The van der Waals surface area contributed by atoms with Gasteiger partial charge in [0.2, 0.25) is 0 Å². The van der Waals surface area contributed by atoms with Crippen LogP contribution in [-0.4, -0.2) is 0 Å². The summed E-state index contributed by atoms with van der Waals surface area (Å²) in [5.74, 6) is 2.64. The third kappa shape index (κ3) is 2.13. The highest BCUT2D eigenvalue weighted by atomic mass is 14.0. The lowest BCUT2D eigenvalue weighted by Gasteiger charge is -1.98. The summed E-state index contributed by atoms with van der Waals surface area (Å²) in [4.78, 5) is 0. The molecule has 1 aliphatic rings. The third-order valence-electron chi connectivity index (χ3n) is 1.80. The molecule has 56 valence electrons. The average molecular weight is 144 g/mol. The topological polar surface area (TPSA) is 0 Å². The van der Waals surface area contributed by atoms with Crippen molar-refractivity contribution in [2.45, 2.75) is 19.8 Å². The van der Waals surface area contributed by atoms with Gasteiger partial charge >= 0.3 is 0 Å². The molecule has 0 aromatic carbocycles. The molecule has 1 aliphatic carbocycles. The molecule has 11 heavy (non-hydrogen) atoms. The molecule has 0 fully saturated rings. The standard InChI is InChI=1S/C11H12/c1-3-4-7-10(2)11-8-5-6-9-11/h1,5-6,8-9H,4,7H2,2H3. The molecule has 0 amide bonds. The van der Waals surface area contributed by atoms with E-state index in [2.05, 4.69) is 37.1 Å². The molecule has 0 saturated heterocycles. The van der Waals surface area contributed by atoms with Crippen molar-refractivity contribution in [3.05, 3.63) is 35.5 Å². The van der Waals surface area contributed by atoms with Crippen molar-refractivity contribution in [3.63, 3.8) is 0 Å². The molecule has 0 saturated carbocycles. The summed E-state index contributed by atoms with van der Waals surface area (Å²) in [5.41, 5.74) is 2.70. The van der Waals surface area contributed by atoms with E-state index in [0.717, 1.165) is 12.8 Å². The smallest absolute Gasteiger partial charge is 0.0123 e. The Labute approximate surface area is 68.3 Å². The molecule has 0 aromatic rings. The third-order valence-corrected chi connectivity index (χ3v) is 1.80. The Morgan fingerprint density at radius 3 is 2.64 bits per heavy atom. The Kier molecular flexibility index (Phi) is 2.74. The second-order valence-corrected chi connectivity index (χ2v) is 2.66. The molecule has 0 atom stereocenters. The Balaban J connectivity index is 2.58. The van der Waals surface area contributed by atoms with E-state index in [4.69, 9.17) is 6.42 Å². The van der Waals surface area contributed by atoms with Gasteiger partial charge in [-0.2, -0.15) is 0 Å². The Bertz CT molecular complexity index is 242. The minimum absolute atomic E-state index is 0.844. The van der Waals surface area contributed by atoms with E-state index in [0.29, 0.717) is 0 Å². The van der Waals surface area contributed by atoms with E-state index in [1.807, 2.05) is 0 Å². The molecule has 0 aliphatic heterocycles. The van der Waals surface area contributed by atoms with E-state index in [-0.39, 0.29) is 0 Å². The van der Waals surface area contributed by atoms with Crippen molar-refractivity contribution < 1.29 is 0 Å². The van der Waals surface area contributed by atoms with Crippen LogP contribution in [-0.2, 0) is 0 Å². The minimum Gasteiger partial charge on any atom is -0.120 e. The second kappa shape index (κ2) is 3.83. The molecular formula is C11H12. The zero-order chi connectivity index (χ0) is 8.10. The van der Waals surface area contributed by atoms with E-state index in [1.165, 1.54) is 11.1 Å². The maximum Gasteiger partial charge on any atom is 0.0123 e. The summed E-state index contributed by atoms with van der Waals surface area (Å²) in [7, 11) is 0. The van der Waals surface area contributed by atoms with Crippen LogP contribution in [0.15, 0.2) is 35.5 Å². The van der Waals surface area contributed by atoms with Gasteiger partial charge in [-0.1, -0.05) is 29.9 Å². The first-order chi connectivity index (χ1) is 5.34. The van der Waals surface area contributed by atoms with Gasteiger partial charge in [-0.05, 0) is 18.9 Å². The summed E-state index contributed by atoms with van der Waals surface area (Å²) in [6.45, 7) is 2.13. The van der Waals surface area contributed by atoms with Gasteiger partial charge in [0.25, 0.3) is 0 Å². The predicted molar refractivity (Wildman–Crippen MR) is 49.0 cm³/mol. The normalized spacial score (nSPS) is 13.6. The molecule has 0 heteroatoms. The lowest BCUT2D eigenvalue weighted by atomic mass is 10.1. The summed E-state index contributed by atoms with van der Waals surface area (Å²) in [6, 6.07) is 0. The Hall–Kier alpha value is -1.22. The van der Waals surface area contributed by atoms with Crippen molar-refractivity contribution >= 4 is 0 Å². The molecule has 0 N–H and O–H groups in total. The van der Waals surface area contributed by atoms with Crippen LogP contribution >= 0.6 is 0 Å². The van der Waals surface area contributed by atoms with Gasteiger partial charge in [-0.25, -0.2) is 0 Å². The first-order valence-electron chi connectivity index (χ1n) is 3.82. The molecule has 0 spiro atoms. The van der Waals surface area contributed by atoms with E-state index in [9.17, 15) is 0 Å². The lowest BCUT2D eigenvalue weighted by molar-refractivity contribution is 0.994. The van der Waals surface area contributed by atoms with Gasteiger partial charge < -0.3 is 0 Å².